The lowest BCUT2D eigenvalue weighted by atomic mass is 10.7. The van der Waals surface area contributed by atoms with E-state index >= 15 is 0 Å². The molecule has 0 aromatic rings. The lowest BCUT2D eigenvalue weighted by Gasteiger charge is -1.95. The molecule has 58 valence electrons. The van der Waals surface area contributed by atoms with Gasteiger partial charge in [-0.2, -0.15) is 0 Å². The summed E-state index contributed by atoms with van der Waals surface area (Å²) in [4.78, 5) is 4.74. The minimum Gasteiger partial charge on any atom is -0.290 e. The molecule has 0 radical (unpaired) electrons. The third-order valence-corrected chi connectivity index (χ3v) is 0.892. The van der Waals surface area contributed by atoms with Gasteiger partial charge in [-0.05, 0) is 13.0 Å². The second kappa shape index (κ2) is 8.56. The van der Waals surface area contributed by atoms with E-state index in [4.69, 9.17) is 4.84 Å². The Balaban J connectivity index is 2.96. The third kappa shape index (κ3) is 7.56. The predicted molar refractivity (Wildman–Crippen MR) is 37.5 cm³/mol. The van der Waals surface area contributed by atoms with Crippen LogP contribution in [0.5, 0.6) is 0 Å². The van der Waals surface area contributed by atoms with Gasteiger partial charge in [0.2, 0.25) is 0 Å². The summed E-state index contributed by atoms with van der Waals surface area (Å²) in [6.07, 6.45) is 3.23. The van der Waals surface area contributed by atoms with Crippen molar-refractivity contribution in [2.24, 2.45) is 0 Å². The van der Waals surface area contributed by atoms with Crippen LogP contribution in [0.1, 0.15) is 6.92 Å². The summed E-state index contributed by atoms with van der Waals surface area (Å²) in [5.74, 6) is 0. The summed E-state index contributed by atoms with van der Waals surface area (Å²) in [5, 5.41) is 0. The maximum absolute atomic E-state index is 9.68. The van der Waals surface area contributed by atoms with Gasteiger partial charge in [-0.25, -0.2) is 4.57 Å². The van der Waals surface area contributed by atoms with Gasteiger partial charge in [0, 0.05) is 6.20 Å². The van der Waals surface area contributed by atoms with Crippen LogP contribution in [0.4, 0.5) is 0 Å². The van der Waals surface area contributed by atoms with Gasteiger partial charge < -0.3 is 0 Å². The Kier molecular flexibility index (Phi) is 8.18. The minimum absolute atomic E-state index is 0.302. The molecule has 0 aliphatic carbocycles. The van der Waals surface area contributed by atoms with E-state index in [1.807, 2.05) is 6.92 Å². The normalized spacial score (nSPS) is 10.9. The lowest BCUT2D eigenvalue weighted by Crippen LogP contribution is -2.05. The summed E-state index contributed by atoms with van der Waals surface area (Å²) in [6, 6.07) is 0. The highest BCUT2D eigenvalue weighted by molar-refractivity contribution is 7.17. The van der Waals surface area contributed by atoms with Crippen molar-refractivity contribution in [1.82, 2.24) is 5.48 Å². The van der Waals surface area contributed by atoms with Crippen molar-refractivity contribution in [3.8, 4) is 0 Å². The summed E-state index contributed by atoms with van der Waals surface area (Å²) in [7, 11) is -0.302. The zero-order valence-electron chi connectivity index (χ0n) is 5.74. The van der Waals surface area contributed by atoms with Crippen LogP contribution >= 0.6 is 8.69 Å². The van der Waals surface area contributed by atoms with Crippen molar-refractivity contribution in [3.05, 3.63) is 12.3 Å². The van der Waals surface area contributed by atoms with E-state index in [1.165, 1.54) is 0 Å². The molecule has 1 N–H and O–H groups in total. The van der Waals surface area contributed by atoms with E-state index in [0.717, 1.165) is 0 Å². The molecule has 0 aliphatic rings. The van der Waals surface area contributed by atoms with Crippen LogP contribution in [0.3, 0.4) is 0 Å². The van der Waals surface area contributed by atoms with Gasteiger partial charge >= 0.3 is 8.69 Å². The van der Waals surface area contributed by atoms with Crippen molar-refractivity contribution in [2.45, 2.75) is 6.92 Å². The number of hydrogen-bond donors (Lipinski definition) is 1. The van der Waals surface area contributed by atoms with Crippen molar-refractivity contribution in [2.75, 3.05) is 13.2 Å². The first kappa shape index (κ1) is 9.56. The Morgan fingerprint density at radius 2 is 2.50 bits per heavy atom. The van der Waals surface area contributed by atoms with Gasteiger partial charge in [0.1, 0.15) is 0 Å². The van der Waals surface area contributed by atoms with E-state index < -0.39 is 0 Å². The highest BCUT2D eigenvalue weighted by Crippen LogP contribution is 1.91. The highest BCUT2D eigenvalue weighted by atomic mass is 31.1. The second-order valence-electron chi connectivity index (χ2n) is 1.32. The number of hydroxylamine groups is 1. The molecule has 0 bridgehead atoms. The molecule has 0 heterocycles. The van der Waals surface area contributed by atoms with Gasteiger partial charge in [-0.3, -0.25) is 14.8 Å². The Morgan fingerprint density at radius 1 is 1.70 bits per heavy atom. The van der Waals surface area contributed by atoms with Crippen LogP contribution in [0.2, 0.25) is 0 Å². The molecule has 0 aliphatic heterocycles. The molecule has 0 fully saturated rings. The van der Waals surface area contributed by atoms with Crippen LogP contribution in [-0.2, 0) is 13.9 Å². The van der Waals surface area contributed by atoms with E-state index in [2.05, 4.69) is 10.0 Å². The van der Waals surface area contributed by atoms with Crippen LogP contribution in [0.25, 0.3) is 0 Å². The molecular weight excluding hydrogens is 153 g/mol. The molecule has 0 aromatic carbocycles. The average Bonchev–Trinajstić information content (AvgIpc) is 1.97. The summed E-state index contributed by atoms with van der Waals surface area (Å²) in [6.45, 7) is 2.78. The van der Waals surface area contributed by atoms with Gasteiger partial charge in [-0.1, -0.05) is 0 Å². The first-order chi connectivity index (χ1) is 4.91. The topological polar surface area (TPSA) is 47.6 Å². The highest BCUT2D eigenvalue weighted by Gasteiger charge is 1.76. The minimum atomic E-state index is -0.302. The standard InChI is InChI=1S/C5H10NO3P/c1-2-8-6-4-3-5-9-10-7/h3-4,6H,2,5H2,1H3. The van der Waals surface area contributed by atoms with Crippen molar-refractivity contribution in [3.63, 3.8) is 0 Å². The molecule has 5 heteroatoms. The van der Waals surface area contributed by atoms with Crippen LogP contribution in [0, 0.1) is 0 Å². The first-order valence-corrected chi connectivity index (χ1v) is 3.61. The van der Waals surface area contributed by atoms with Crippen LogP contribution in [-0.4, -0.2) is 13.2 Å². The quantitative estimate of drug-likeness (QED) is 0.364. The average molecular weight is 163 g/mol. The molecule has 0 spiro atoms. The summed E-state index contributed by atoms with van der Waals surface area (Å²) < 4.78 is 14.1. The lowest BCUT2D eigenvalue weighted by molar-refractivity contribution is 0.0822. The molecule has 0 saturated carbocycles. The van der Waals surface area contributed by atoms with E-state index in [0.29, 0.717) is 13.2 Å². The molecule has 0 unspecified atom stereocenters. The van der Waals surface area contributed by atoms with Crippen molar-refractivity contribution in [1.29, 1.82) is 0 Å². The molecule has 10 heavy (non-hydrogen) atoms. The van der Waals surface area contributed by atoms with Crippen molar-refractivity contribution < 1.29 is 13.9 Å². The van der Waals surface area contributed by atoms with E-state index in [1.54, 1.807) is 12.3 Å². The maximum Gasteiger partial charge on any atom is 0.327 e. The number of rotatable bonds is 6. The largest absolute Gasteiger partial charge is 0.327 e. The summed E-state index contributed by atoms with van der Waals surface area (Å²) >= 11 is 0. The zero-order valence-corrected chi connectivity index (χ0v) is 6.64. The second-order valence-corrected chi connectivity index (χ2v) is 1.73. The number of nitrogens with one attached hydrogen (secondary N) is 1. The Hall–Kier alpha value is -0.440. The maximum atomic E-state index is 9.68. The molecular formula is C5H10NO3P. The molecule has 0 atom stereocenters. The smallest absolute Gasteiger partial charge is 0.290 e. The molecule has 0 saturated heterocycles. The van der Waals surface area contributed by atoms with Gasteiger partial charge in [0.05, 0.1) is 13.2 Å². The monoisotopic (exact) mass is 163 g/mol. The van der Waals surface area contributed by atoms with Gasteiger partial charge in [-0.15, -0.1) is 0 Å². The molecule has 0 amide bonds. The first-order valence-electron chi connectivity index (χ1n) is 2.88. The Bertz CT molecular complexity index is 107. The van der Waals surface area contributed by atoms with E-state index in [-0.39, 0.29) is 8.69 Å². The fourth-order valence-corrected chi connectivity index (χ4v) is 0.448. The Morgan fingerprint density at radius 3 is 3.10 bits per heavy atom. The Labute approximate surface area is 61.4 Å². The van der Waals surface area contributed by atoms with Crippen LogP contribution < -0.4 is 5.48 Å². The molecule has 0 aromatic heterocycles. The molecule has 4 nitrogen and oxygen atoms in total. The van der Waals surface area contributed by atoms with Gasteiger partial charge in [0.25, 0.3) is 0 Å². The van der Waals surface area contributed by atoms with Crippen LogP contribution in [0.15, 0.2) is 12.3 Å². The fourth-order valence-electron chi connectivity index (χ4n) is 0.301. The fraction of sp³-hybridized carbons (Fsp3) is 0.600. The number of hydrogen-bond acceptors (Lipinski definition) is 4. The SMILES string of the molecule is CCONC=CCOP=O. The summed E-state index contributed by atoms with van der Waals surface area (Å²) in [5.41, 5.74) is 2.53. The van der Waals surface area contributed by atoms with Gasteiger partial charge in [0.15, 0.2) is 0 Å². The predicted octanol–water partition coefficient (Wildman–Crippen LogP) is 1.26. The molecule has 0 rings (SSSR count). The van der Waals surface area contributed by atoms with Crippen molar-refractivity contribution >= 4 is 8.69 Å². The third-order valence-electron chi connectivity index (χ3n) is 0.637. The van der Waals surface area contributed by atoms with E-state index in [9.17, 15) is 4.57 Å². The zero-order chi connectivity index (χ0) is 7.66.